The Balaban J connectivity index is 2.42. The Kier molecular flexibility index (Phi) is 3.53. The van der Waals surface area contributed by atoms with E-state index >= 15 is 0 Å². The lowest BCUT2D eigenvalue weighted by Gasteiger charge is -2.19. The molecule has 0 aliphatic rings. The van der Waals surface area contributed by atoms with Crippen molar-refractivity contribution in [2.45, 2.75) is 6.92 Å². The molecule has 2 aromatic heterocycles. The largest absolute Gasteiger partial charge is 0.389 e. The number of anilines is 2. The van der Waals surface area contributed by atoms with Gasteiger partial charge in [-0.3, -0.25) is 4.98 Å². The fraction of sp³-hybridized carbons (Fsp3) is 0.154. The third kappa shape index (κ3) is 2.62. The van der Waals surface area contributed by atoms with Gasteiger partial charge in [0.25, 0.3) is 0 Å². The van der Waals surface area contributed by atoms with Crippen molar-refractivity contribution in [1.29, 1.82) is 0 Å². The van der Waals surface area contributed by atoms with E-state index in [1.165, 1.54) is 0 Å². The van der Waals surface area contributed by atoms with Crippen molar-refractivity contribution < 1.29 is 0 Å². The normalized spacial score (nSPS) is 10.1. The summed E-state index contributed by atoms with van der Waals surface area (Å²) in [5.74, 6) is 0.797. The molecule has 18 heavy (non-hydrogen) atoms. The first kappa shape index (κ1) is 12.4. The van der Waals surface area contributed by atoms with Crippen LogP contribution in [-0.2, 0) is 0 Å². The van der Waals surface area contributed by atoms with Gasteiger partial charge in [0.2, 0.25) is 0 Å². The molecule has 5 heteroatoms. The van der Waals surface area contributed by atoms with Gasteiger partial charge in [0.15, 0.2) is 0 Å². The second-order valence-electron chi connectivity index (χ2n) is 3.99. The molecule has 2 rings (SSSR count). The summed E-state index contributed by atoms with van der Waals surface area (Å²) < 4.78 is 0. The van der Waals surface area contributed by atoms with Crippen LogP contribution in [0.15, 0.2) is 36.7 Å². The van der Waals surface area contributed by atoms with Crippen molar-refractivity contribution in [3.63, 3.8) is 0 Å². The number of nitrogens with zero attached hydrogens (tertiary/aromatic N) is 3. The van der Waals surface area contributed by atoms with Crippen molar-refractivity contribution in [2.24, 2.45) is 5.73 Å². The predicted molar refractivity (Wildman–Crippen MR) is 77.2 cm³/mol. The van der Waals surface area contributed by atoms with Crippen LogP contribution in [0.2, 0.25) is 0 Å². The minimum absolute atomic E-state index is 0.376. The zero-order valence-corrected chi connectivity index (χ0v) is 11.1. The van der Waals surface area contributed by atoms with Crippen LogP contribution in [0.5, 0.6) is 0 Å². The average Bonchev–Trinajstić information content (AvgIpc) is 2.38. The number of thiocarbonyl (C=S) groups is 1. The second kappa shape index (κ2) is 5.10. The summed E-state index contributed by atoms with van der Waals surface area (Å²) in [5.41, 5.74) is 8.33. The molecule has 92 valence electrons. The molecule has 0 aliphatic carbocycles. The third-order valence-corrected chi connectivity index (χ3v) is 2.84. The van der Waals surface area contributed by atoms with Crippen LogP contribution >= 0.6 is 12.2 Å². The van der Waals surface area contributed by atoms with Crippen LogP contribution in [0.25, 0.3) is 0 Å². The van der Waals surface area contributed by atoms with E-state index in [1.54, 1.807) is 12.4 Å². The first-order valence-electron chi connectivity index (χ1n) is 5.50. The molecule has 0 aromatic carbocycles. The van der Waals surface area contributed by atoms with Gasteiger partial charge in [0.1, 0.15) is 10.8 Å². The monoisotopic (exact) mass is 258 g/mol. The lowest BCUT2D eigenvalue weighted by molar-refractivity contribution is 1.08. The van der Waals surface area contributed by atoms with E-state index in [-0.39, 0.29) is 0 Å². The fourth-order valence-electron chi connectivity index (χ4n) is 1.65. The number of aromatic nitrogens is 2. The minimum Gasteiger partial charge on any atom is -0.389 e. The zero-order valence-electron chi connectivity index (χ0n) is 10.3. The average molecular weight is 258 g/mol. The number of hydrogen-bond acceptors (Lipinski definition) is 4. The van der Waals surface area contributed by atoms with Gasteiger partial charge in [0, 0.05) is 24.5 Å². The fourth-order valence-corrected chi connectivity index (χ4v) is 1.77. The molecular formula is C13H14N4S. The second-order valence-corrected chi connectivity index (χ2v) is 4.43. The Morgan fingerprint density at radius 1 is 1.39 bits per heavy atom. The molecule has 0 amide bonds. The Labute approximate surface area is 111 Å². The Morgan fingerprint density at radius 3 is 2.78 bits per heavy atom. The highest BCUT2D eigenvalue weighted by Crippen LogP contribution is 2.21. The highest BCUT2D eigenvalue weighted by atomic mass is 32.1. The summed E-state index contributed by atoms with van der Waals surface area (Å²) in [6, 6.07) is 7.61. The zero-order chi connectivity index (χ0) is 13.1. The van der Waals surface area contributed by atoms with Crippen LogP contribution in [-0.4, -0.2) is 22.0 Å². The maximum Gasteiger partial charge on any atom is 0.133 e. The van der Waals surface area contributed by atoms with E-state index in [4.69, 9.17) is 18.0 Å². The molecule has 0 atom stereocenters. The molecule has 2 N–H and O–H groups in total. The molecule has 0 spiro atoms. The molecule has 0 unspecified atom stereocenters. The van der Waals surface area contributed by atoms with Gasteiger partial charge >= 0.3 is 0 Å². The van der Waals surface area contributed by atoms with Crippen molar-refractivity contribution >= 4 is 28.7 Å². The van der Waals surface area contributed by atoms with Crippen LogP contribution < -0.4 is 10.6 Å². The summed E-state index contributed by atoms with van der Waals surface area (Å²) in [6.45, 7) is 1.92. The van der Waals surface area contributed by atoms with E-state index in [2.05, 4.69) is 9.97 Å². The van der Waals surface area contributed by atoms with Crippen molar-refractivity contribution in [1.82, 2.24) is 9.97 Å². The van der Waals surface area contributed by atoms with Gasteiger partial charge in [-0.1, -0.05) is 12.2 Å². The molecule has 4 nitrogen and oxygen atoms in total. The van der Waals surface area contributed by atoms with Crippen LogP contribution in [0.1, 0.15) is 11.3 Å². The Hall–Kier alpha value is -2.01. The molecule has 2 heterocycles. The van der Waals surface area contributed by atoms with Crippen molar-refractivity contribution in [3.05, 3.63) is 47.9 Å². The molecule has 0 radical (unpaired) electrons. The molecular weight excluding hydrogens is 244 g/mol. The van der Waals surface area contributed by atoms with E-state index in [9.17, 15) is 0 Å². The van der Waals surface area contributed by atoms with Gasteiger partial charge in [-0.25, -0.2) is 4.98 Å². The Bertz CT molecular complexity index is 568. The topological polar surface area (TPSA) is 55.0 Å². The molecule has 0 fully saturated rings. The number of pyridine rings is 2. The standard InChI is InChI=1S/C13H14N4S/c1-9-6-10(13(14)18)7-12(16-9)17(2)11-4-3-5-15-8-11/h3-8H,1-2H3,(H2,14,18). The Morgan fingerprint density at radius 2 is 2.17 bits per heavy atom. The van der Waals surface area contributed by atoms with Gasteiger partial charge < -0.3 is 10.6 Å². The van der Waals surface area contributed by atoms with Crippen molar-refractivity contribution in [3.8, 4) is 0 Å². The third-order valence-electron chi connectivity index (χ3n) is 2.60. The lowest BCUT2D eigenvalue weighted by Crippen LogP contribution is -2.15. The highest BCUT2D eigenvalue weighted by Gasteiger charge is 2.08. The van der Waals surface area contributed by atoms with Gasteiger partial charge in [0.05, 0.1) is 11.9 Å². The molecule has 2 aromatic rings. The van der Waals surface area contributed by atoms with Crippen LogP contribution in [0.3, 0.4) is 0 Å². The summed E-state index contributed by atoms with van der Waals surface area (Å²) in [7, 11) is 1.93. The number of nitrogens with two attached hydrogens (primary N) is 1. The number of hydrogen-bond donors (Lipinski definition) is 1. The predicted octanol–water partition coefficient (Wildman–Crippen LogP) is 2.19. The van der Waals surface area contributed by atoms with E-state index < -0.39 is 0 Å². The highest BCUT2D eigenvalue weighted by molar-refractivity contribution is 7.80. The van der Waals surface area contributed by atoms with Crippen LogP contribution in [0.4, 0.5) is 11.5 Å². The van der Waals surface area contributed by atoms with E-state index in [0.29, 0.717) is 4.99 Å². The summed E-state index contributed by atoms with van der Waals surface area (Å²) in [5, 5.41) is 0. The SMILES string of the molecule is Cc1cc(C(N)=S)cc(N(C)c2cccnc2)n1. The summed E-state index contributed by atoms with van der Waals surface area (Å²) in [6.07, 6.45) is 3.52. The maximum atomic E-state index is 5.66. The molecule has 0 saturated heterocycles. The molecule has 0 aliphatic heterocycles. The first-order valence-corrected chi connectivity index (χ1v) is 5.91. The number of rotatable bonds is 3. The quantitative estimate of drug-likeness (QED) is 0.855. The van der Waals surface area contributed by atoms with E-state index in [0.717, 1.165) is 22.8 Å². The molecule has 0 bridgehead atoms. The minimum atomic E-state index is 0.376. The van der Waals surface area contributed by atoms with Crippen molar-refractivity contribution in [2.75, 3.05) is 11.9 Å². The van der Waals surface area contributed by atoms with Crippen LogP contribution in [0, 0.1) is 6.92 Å². The van der Waals surface area contributed by atoms with E-state index in [1.807, 2.05) is 43.1 Å². The summed E-state index contributed by atoms with van der Waals surface area (Å²) in [4.78, 5) is 10.9. The molecule has 0 saturated carbocycles. The van der Waals surface area contributed by atoms with Gasteiger partial charge in [-0.15, -0.1) is 0 Å². The summed E-state index contributed by atoms with van der Waals surface area (Å²) >= 11 is 5.00. The first-order chi connectivity index (χ1) is 8.58. The smallest absolute Gasteiger partial charge is 0.133 e. The number of aryl methyl sites for hydroxylation is 1. The van der Waals surface area contributed by atoms with Gasteiger partial charge in [-0.2, -0.15) is 0 Å². The lowest BCUT2D eigenvalue weighted by atomic mass is 10.2. The maximum absolute atomic E-state index is 5.66. The van der Waals surface area contributed by atoms with Gasteiger partial charge in [-0.05, 0) is 31.2 Å².